The molecular weight excluding hydrogens is 467 g/mol. The summed E-state index contributed by atoms with van der Waals surface area (Å²) in [4.78, 5) is 20.1. The van der Waals surface area contributed by atoms with Crippen LogP contribution >= 0.6 is 0 Å². The standard InChI is InChI=1S/C28H30F3N3O2/c1-27(2,28(29,30)31)24-9-7-23(8-10-24)22-5-3-20(4-6-22)17-33-15-16-34(25(19-33)26(35)36)18-21-11-13-32-14-12-21/h3-14,25H,15-19H2,1-2H3,(H,35,36). The molecule has 0 saturated carbocycles. The molecule has 1 fully saturated rings. The zero-order valence-electron chi connectivity index (χ0n) is 20.4. The summed E-state index contributed by atoms with van der Waals surface area (Å²) in [5, 5.41) is 9.80. The van der Waals surface area contributed by atoms with E-state index in [0.717, 1.165) is 28.8 Å². The average Bonchev–Trinajstić information content (AvgIpc) is 2.85. The van der Waals surface area contributed by atoms with E-state index in [0.29, 0.717) is 26.2 Å². The number of carbonyl (C=O) groups is 1. The molecule has 1 aliphatic heterocycles. The largest absolute Gasteiger partial charge is 0.480 e. The van der Waals surface area contributed by atoms with Crippen LogP contribution in [0, 0.1) is 0 Å². The summed E-state index contributed by atoms with van der Waals surface area (Å²) in [6, 6.07) is 17.6. The minimum absolute atomic E-state index is 0.228. The van der Waals surface area contributed by atoms with Gasteiger partial charge in [0.25, 0.3) is 0 Å². The van der Waals surface area contributed by atoms with Gasteiger partial charge >= 0.3 is 12.1 Å². The number of benzene rings is 2. The second-order valence-corrected chi connectivity index (χ2v) is 9.81. The Labute approximate surface area is 209 Å². The number of carboxylic acid groups (broad SMARTS) is 1. The van der Waals surface area contributed by atoms with Crippen LogP contribution in [0.2, 0.25) is 0 Å². The molecule has 1 saturated heterocycles. The second kappa shape index (κ2) is 10.4. The number of piperazine rings is 1. The minimum atomic E-state index is -4.32. The number of aliphatic carboxylic acids is 1. The number of carboxylic acids is 1. The molecule has 2 heterocycles. The Morgan fingerprint density at radius 2 is 1.44 bits per heavy atom. The number of halogens is 3. The summed E-state index contributed by atoms with van der Waals surface area (Å²) in [7, 11) is 0. The fourth-order valence-corrected chi connectivity index (χ4v) is 4.47. The van der Waals surface area contributed by atoms with Gasteiger partial charge in [-0.2, -0.15) is 13.2 Å². The van der Waals surface area contributed by atoms with Crippen molar-refractivity contribution >= 4 is 5.97 Å². The number of pyridine rings is 1. The Bertz CT molecular complexity index is 1160. The van der Waals surface area contributed by atoms with Crippen molar-refractivity contribution < 1.29 is 23.1 Å². The monoisotopic (exact) mass is 497 g/mol. The van der Waals surface area contributed by atoms with E-state index in [1.165, 1.54) is 26.0 Å². The molecule has 1 unspecified atom stereocenters. The molecule has 1 N–H and O–H groups in total. The zero-order valence-corrected chi connectivity index (χ0v) is 20.4. The maximum atomic E-state index is 13.3. The molecule has 1 aromatic heterocycles. The van der Waals surface area contributed by atoms with E-state index in [-0.39, 0.29) is 5.56 Å². The van der Waals surface area contributed by atoms with E-state index in [2.05, 4.69) is 9.88 Å². The summed E-state index contributed by atoms with van der Waals surface area (Å²) < 4.78 is 40.0. The molecule has 0 amide bonds. The third kappa shape index (κ3) is 5.77. The van der Waals surface area contributed by atoms with Gasteiger partial charge in [0.2, 0.25) is 0 Å². The van der Waals surface area contributed by atoms with E-state index in [1.807, 2.05) is 41.3 Å². The summed E-state index contributed by atoms with van der Waals surface area (Å²) in [5.74, 6) is -0.832. The van der Waals surface area contributed by atoms with E-state index >= 15 is 0 Å². The quantitative estimate of drug-likeness (QED) is 0.476. The first-order chi connectivity index (χ1) is 17.0. The second-order valence-electron chi connectivity index (χ2n) is 9.81. The molecule has 0 aliphatic carbocycles. The van der Waals surface area contributed by atoms with Crippen LogP contribution in [-0.4, -0.2) is 57.7 Å². The highest BCUT2D eigenvalue weighted by atomic mass is 19.4. The van der Waals surface area contributed by atoms with Crippen molar-refractivity contribution in [2.75, 3.05) is 19.6 Å². The molecule has 1 atom stereocenters. The lowest BCUT2D eigenvalue weighted by Gasteiger charge is -2.39. The zero-order chi connectivity index (χ0) is 25.9. The van der Waals surface area contributed by atoms with Crippen molar-refractivity contribution in [2.45, 2.75) is 44.6 Å². The molecule has 1 aliphatic rings. The van der Waals surface area contributed by atoms with Crippen molar-refractivity contribution in [1.29, 1.82) is 0 Å². The van der Waals surface area contributed by atoms with Gasteiger partial charge in [-0.3, -0.25) is 19.6 Å². The van der Waals surface area contributed by atoms with Gasteiger partial charge in [0.15, 0.2) is 0 Å². The predicted molar refractivity (Wildman–Crippen MR) is 132 cm³/mol. The van der Waals surface area contributed by atoms with E-state index < -0.39 is 23.6 Å². The third-order valence-corrected chi connectivity index (χ3v) is 7.00. The fourth-order valence-electron chi connectivity index (χ4n) is 4.47. The molecule has 4 rings (SSSR count). The van der Waals surface area contributed by atoms with Gasteiger partial charge < -0.3 is 5.11 Å². The summed E-state index contributed by atoms with van der Waals surface area (Å²) in [6.07, 6.45) is -0.897. The highest BCUT2D eigenvalue weighted by Crippen LogP contribution is 2.40. The molecule has 0 spiro atoms. The van der Waals surface area contributed by atoms with Crippen LogP contribution in [0.4, 0.5) is 13.2 Å². The maximum absolute atomic E-state index is 13.3. The molecule has 0 radical (unpaired) electrons. The summed E-state index contributed by atoms with van der Waals surface area (Å²) >= 11 is 0. The van der Waals surface area contributed by atoms with Crippen molar-refractivity contribution in [3.63, 3.8) is 0 Å². The van der Waals surface area contributed by atoms with Crippen LogP contribution in [0.3, 0.4) is 0 Å². The Morgan fingerprint density at radius 1 is 0.889 bits per heavy atom. The first kappa shape index (κ1) is 25.9. The molecule has 0 bridgehead atoms. The summed E-state index contributed by atoms with van der Waals surface area (Å²) in [5.41, 5.74) is 2.17. The van der Waals surface area contributed by atoms with E-state index in [4.69, 9.17) is 0 Å². The van der Waals surface area contributed by atoms with Crippen LogP contribution in [0.1, 0.15) is 30.5 Å². The number of hydrogen-bond acceptors (Lipinski definition) is 4. The molecule has 5 nitrogen and oxygen atoms in total. The molecule has 36 heavy (non-hydrogen) atoms. The average molecular weight is 498 g/mol. The maximum Gasteiger partial charge on any atom is 0.397 e. The van der Waals surface area contributed by atoms with Crippen LogP contribution in [0.5, 0.6) is 0 Å². The Balaban J connectivity index is 1.39. The van der Waals surface area contributed by atoms with E-state index in [9.17, 15) is 23.1 Å². The SMILES string of the molecule is CC(C)(c1ccc(-c2ccc(CN3CCN(Cc4ccncc4)C(C(=O)O)C3)cc2)cc1)C(F)(F)F. The minimum Gasteiger partial charge on any atom is -0.480 e. The van der Waals surface area contributed by atoms with Gasteiger partial charge in [-0.15, -0.1) is 0 Å². The van der Waals surface area contributed by atoms with Crippen LogP contribution < -0.4 is 0 Å². The van der Waals surface area contributed by atoms with Crippen molar-refractivity contribution in [3.05, 3.63) is 89.7 Å². The Hall–Kier alpha value is -3.23. The van der Waals surface area contributed by atoms with Gasteiger partial charge in [-0.05, 0) is 53.8 Å². The molecule has 8 heteroatoms. The first-order valence-corrected chi connectivity index (χ1v) is 11.9. The summed E-state index contributed by atoms with van der Waals surface area (Å²) in [6.45, 7) is 5.41. The van der Waals surface area contributed by atoms with Crippen molar-refractivity contribution in [2.24, 2.45) is 0 Å². The van der Waals surface area contributed by atoms with Crippen molar-refractivity contribution in [1.82, 2.24) is 14.8 Å². The molecule has 3 aromatic rings. The number of nitrogens with zero attached hydrogens (tertiary/aromatic N) is 3. The lowest BCUT2D eigenvalue weighted by molar-refractivity contribution is -0.180. The fraction of sp³-hybridized carbons (Fsp3) is 0.357. The highest BCUT2D eigenvalue weighted by molar-refractivity contribution is 5.74. The van der Waals surface area contributed by atoms with Gasteiger partial charge in [0.1, 0.15) is 6.04 Å². The number of rotatable bonds is 7. The lowest BCUT2D eigenvalue weighted by atomic mass is 9.83. The molecule has 190 valence electrons. The smallest absolute Gasteiger partial charge is 0.397 e. The van der Waals surface area contributed by atoms with Gasteiger partial charge in [-0.1, -0.05) is 48.5 Å². The number of hydrogen-bond donors (Lipinski definition) is 1. The topological polar surface area (TPSA) is 56.7 Å². The van der Waals surface area contributed by atoms with Gasteiger partial charge in [0, 0.05) is 45.1 Å². The van der Waals surface area contributed by atoms with Crippen molar-refractivity contribution in [3.8, 4) is 11.1 Å². The third-order valence-electron chi connectivity index (χ3n) is 7.00. The van der Waals surface area contributed by atoms with Crippen LogP contribution in [-0.2, 0) is 23.3 Å². The normalized spacial score (nSPS) is 17.8. The Kier molecular flexibility index (Phi) is 7.47. The lowest BCUT2D eigenvalue weighted by Crippen LogP contribution is -2.55. The molecule has 2 aromatic carbocycles. The number of aromatic nitrogens is 1. The predicted octanol–water partition coefficient (Wildman–Crippen LogP) is 5.36. The Morgan fingerprint density at radius 3 is 2.00 bits per heavy atom. The van der Waals surface area contributed by atoms with Gasteiger partial charge in [-0.25, -0.2) is 0 Å². The number of alkyl halides is 3. The van der Waals surface area contributed by atoms with Gasteiger partial charge in [0.05, 0.1) is 5.41 Å². The first-order valence-electron chi connectivity index (χ1n) is 11.9. The highest BCUT2D eigenvalue weighted by Gasteiger charge is 2.48. The van der Waals surface area contributed by atoms with Crippen LogP contribution in [0.25, 0.3) is 11.1 Å². The van der Waals surface area contributed by atoms with Crippen LogP contribution in [0.15, 0.2) is 73.1 Å². The van der Waals surface area contributed by atoms with E-state index in [1.54, 1.807) is 24.5 Å². The molecular formula is C28H30F3N3O2.